The first-order valence-electron chi connectivity index (χ1n) is 6.88. The van der Waals surface area contributed by atoms with E-state index >= 15 is 0 Å². The molecular weight excluding hydrogens is 224 g/mol. The van der Waals surface area contributed by atoms with Crippen LogP contribution in [0.3, 0.4) is 0 Å². The largest absolute Gasteiger partial charge is 0.465 e. The van der Waals surface area contributed by atoms with E-state index < -0.39 is 0 Å². The standard InChI is InChI=1S/C15H26N2O/c1-11-12(10-17(5)13-6-7-13)8-14(18-11)9-16-15(2,3)4/h8,13,16H,6-7,9-10H2,1-5H3. The summed E-state index contributed by atoms with van der Waals surface area (Å²) in [7, 11) is 2.21. The predicted molar refractivity (Wildman–Crippen MR) is 74.5 cm³/mol. The van der Waals surface area contributed by atoms with Gasteiger partial charge in [-0.25, -0.2) is 0 Å². The second kappa shape index (κ2) is 5.06. The molecule has 3 heteroatoms. The molecule has 2 rings (SSSR count). The van der Waals surface area contributed by atoms with E-state index in [9.17, 15) is 0 Å². The first-order chi connectivity index (χ1) is 8.35. The van der Waals surface area contributed by atoms with Gasteiger partial charge in [0.2, 0.25) is 0 Å². The number of hydrogen-bond donors (Lipinski definition) is 1. The van der Waals surface area contributed by atoms with Gasteiger partial charge in [0.05, 0.1) is 6.54 Å². The first-order valence-corrected chi connectivity index (χ1v) is 6.88. The van der Waals surface area contributed by atoms with E-state index in [0.717, 1.165) is 30.7 Å². The van der Waals surface area contributed by atoms with Gasteiger partial charge < -0.3 is 9.73 Å². The summed E-state index contributed by atoms with van der Waals surface area (Å²) in [6.07, 6.45) is 2.71. The fourth-order valence-electron chi connectivity index (χ4n) is 2.10. The third-order valence-electron chi connectivity index (χ3n) is 3.45. The summed E-state index contributed by atoms with van der Waals surface area (Å²) in [4.78, 5) is 2.43. The highest BCUT2D eigenvalue weighted by Gasteiger charge is 2.26. The molecule has 18 heavy (non-hydrogen) atoms. The van der Waals surface area contributed by atoms with Crippen molar-refractivity contribution in [2.24, 2.45) is 0 Å². The molecule has 0 bridgehead atoms. The highest BCUT2D eigenvalue weighted by atomic mass is 16.3. The number of nitrogens with one attached hydrogen (secondary N) is 1. The third-order valence-corrected chi connectivity index (χ3v) is 3.45. The summed E-state index contributed by atoms with van der Waals surface area (Å²) >= 11 is 0. The van der Waals surface area contributed by atoms with Crippen LogP contribution >= 0.6 is 0 Å². The zero-order valence-corrected chi connectivity index (χ0v) is 12.3. The van der Waals surface area contributed by atoms with Gasteiger partial charge in [0.25, 0.3) is 0 Å². The Hall–Kier alpha value is -0.800. The molecule has 0 saturated heterocycles. The zero-order valence-electron chi connectivity index (χ0n) is 12.3. The maximum atomic E-state index is 5.82. The van der Waals surface area contributed by atoms with Crippen LogP contribution in [0.5, 0.6) is 0 Å². The van der Waals surface area contributed by atoms with E-state index in [1.807, 2.05) is 0 Å². The molecule has 0 amide bonds. The van der Waals surface area contributed by atoms with Gasteiger partial charge in [-0.3, -0.25) is 4.90 Å². The Morgan fingerprint density at radius 2 is 2.06 bits per heavy atom. The lowest BCUT2D eigenvalue weighted by Crippen LogP contribution is -2.34. The van der Waals surface area contributed by atoms with Crippen molar-refractivity contribution in [3.8, 4) is 0 Å². The van der Waals surface area contributed by atoms with Crippen LogP contribution in [0.2, 0.25) is 0 Å². The van der Waals surface area contributed by atoms with E-state index in [1.165, 1.54) is 18.4 Å². The first kappa shape index (κ1) is 13.6. The van der Waals surface area contributed by atoms with E-state index in [0.29, 0.717) is 0 Å². The van der Waals surface area contributed by atoms with Crippen LogP contribution in [-0.4, -0.2) is 23.5 Å². The predicted octanol–water partition coefficient (Wildman–Crippen LogP) is 3.07. The maximum Gasteiger partial charge on any atom is 0.118 e. The minimum atomic E-state index is 0.131. The van der Waals surface area contributed by atoms with Crippen LogP contribution in [0, 0.1) is 6.92 Å². The fourth-order valence-corrected chi connectivity index (χ4v) is 2.10. The number of nitrogens with zero attached hydrogens (tertiary/aromatic N) is 1. The van der Waals surface area contributed by atoms with Crippen LogP contribution in [0.1, 0.15) is 50.7 Å². The van der Waals surface area contributed by atoms with Gasteiger partial charge in [-0.15, -0.1) is 0 Å². The summed E-state index contributed by atoms with van der Waals surface area (Å²) in [5.74, 6) is 2.11. The smallest absolute Gasteiger partial charge is 0.118 e. The molecule has 3 nitrogen and oxygen atoms in total. The van der Waals surface area contributed by atoms with E-state index in [1.54, 1.807) is 0 Å². The van der Waals surface area contributed by atoms with Crippen molar-refractivity contribution in [1.29, 1.82) is 0 Å². The minimum Gasteiger partial charge on any atom is -0.465 e. The number of aryl methyl sites for hydroxylation is 1. The van der Waals surface area contributed by atoms with Gasteiger partial charge in [-0.05, 0) is 53.7 Å². The Morgan fingerprint density at radius 3 is 2.61 bits per heavy atom. The van der Waals surface area contributed by atoms with Gasteiger partial charge in [0.15, 0.2) is 0 Å². The maximum absolute atomic E-state index is 5.82. The second-order valence-electron chi connectivity index (χ2n) is 6.54. The Labute approximate surface area is 111 Å². The lowest BCUT2D eigenvalue weighted by molar-refractivity contribution is 0.313. The third kappa shape index (κ3) is 3.85. The molecule has 1 N–H and O–H groups in total. The molecule has 0 aromatic carbocycles. The monoisotopic (exact) mass is 250 g/mol. The molecule has 1 saturated carbocycles. The normalized spacial score (nSPS) is 16.6. The molecule has 0 atom stereocenters. The molecule has 0 aliphatic heterocycles. The van der Waals surface area contributed by atoms with Crippen molar-refractivity contribution in [2.75, 3.05) is 7.05 Å². The average Bonchev–Trinajstić information content (AvgIpc) is 3.02. The van der Waals surface area contributed by atoms with Crippen LogP contribution in [0.4, 0.5) is 0 Å². The summed E-state index contributed by atoms with van der Waals surface area (Å²) < 4.78 is 5.82. The zero-order chi connectivity index (χ0) is 13.3. The van der Waals surface area contributed by atoms with Crippen molar-refractivity contribution >= 4 is 0 Å². The van der Waals surface area contributed by atoms with Crippen LogP contribution in [-0.2, 0) is 13.1 Å². The minimum absolute atomic E-state index is 0.131. The molecule has 1 aliphatic rings. The summed E-state index contributed by atoms with van der Waals surface area (Å²) in [5.41, 5.74) is 1.46. The Kier molecular flexibility index (Phi) is 3.83. The van der Waals surface area contributed by atoms with Gasteiger partial charge in [-0.2, -0.15) is 0 Å². The van der Waals surface area contributed by atoms with Crippen molar-refractivity contribution in [3.63, 3.8) is 0 Å². The molecule has 0 radical (unpaired) electrons. The highest BCUT2D eigenvalue weighted by Crippen LogP contribution is 2.28. The van der Waals surface area contributed by atoms with Crippen LogP contribution < -0.4 is 5.32 Å². The molecule has 1 aliphatic carbocycles. The quantitative estimate of drug-likeness (QED) is 0.870. The summed E-state index contributed by atoms with van der Waals surface area (Å²) in [5, 5.41) is 3.46. The van der Waals surface area contributed by atoms with Gasteiger partial charge in [-0.1, -0.05) is 0 Å². The Morgan fingerprint density at radius 1 is 1.39 bits per heavy atom. The van der Waals surface area contributed by atoms with Crippen molar-refractivity contribution in [1.82, 2.24) is 10.2 Å². The van der Waals surface area contributed by atoms with E-state index in [-0.39, 0.29) is 5.54 Å². The topological polar surface area (TPSA) is 28.4 Å². The van der Waals surface area contributed by atoms with Gasteiger partial charge in [0.1, 0.15) is 11.5 Å². The molecule has 1 aromatic heterocycles. The van der Waals surface area contributed by atoms with Crippen molar-refractivity contribution in [2.45, 2.75) is 65.2 Å². The van der Waals surface area contributed by atoms with Gasteiger partial charge >= 0.3 is 0 Å². The Balaban J connectivity index is 1.93. The molecule has 1 aromatic rings. The number of furan rings is 1. The molecule has 1 fully saturated rings. The van der Waals surface area contributed by atoms with Crippen LogP contribution in [0.15, 0.2) is 10.5 Å². The highest BCUT2D eigenvalue weighted by molar-refractivity contribution is 5.21. The Bertz CT molecular complexity index is 399. The van der Waals surface area contributed by atoms with E-state index in [2.05, 4.69) is 51.0 Å². The van der Waals surface area contributed by atoms with Crippen molar-refractivity contribution in [3.05, 3.63) is 23.2 Å². The summed E-state index contributed by atoms with van der Waals surface area (Å²) in [6, 6.07) is 3.00. The molecule has 1 heterocycles. The fraction of sp³-hybridized carbons (Fsp3) is 0.733. The molecular formula is C15H26N2O. The molecule has 102 valence electrons. The molecule has 0 unspecified atom stereocenters. The summed E-state index contributed by atoms with van der Waals surface area (Å²) in [6.45, 7) is 10.4. The average molecular weight is 250 g/mol. The second-order valence-corrected chi connectivity index (χ2v) is 6.54. The molecule has 0 spiro atoms. The number of hydrogen-bond acceptors (Lipinski definition) is 3. The van der Waals surface area contributed by atoms with E-state index in [4.69, 9.17) is 4.42 Å². The van der Waals surface area contributed by atoms with Crippen molar-refractivity contribution < 1.29 is 4.42 Å². The van der Waals surface area contributed by atoms with Crippen LogP contribution in [0.25, 0.3) is 0 Å². The lowest BCUT2D eigenvalue weighted by atomic mass is 10.1. The SMILES string of the molecule is Cc1oc(CNC(C)(C)C)cc1CN(C)C1CC1. The van der Waals surface area contributed by atoms with Gasteiger partial charge in [0, 0.05) is 23.7 Å². The number of rotatable bonds is 5. The lowest BCUT2D eigenvalue weighted by Gasteiger charge is -2.19.